The first kappa shape index (κ1) is 13.1. The summed E-state index contributed by atoms with van der Waals surface area (Å²) in [6, 6.07) is 5.94. The number of hydrogen-bond acceptors (Lipinski definition) is 2. The lowest BCUT2D eigenvalue weighted by molar-refractivity contribution is -0.0328. The molecule has 86 valence electrons. The van der Waals surface area contributed by atoms with Crippen LogP contribution in [-0.2, 0) is 0 Å². The minimum absolute atomic E-state index is 0.141. The summed E-state index contributed by atoms with van der Waals surface area (Å²) < 4.78 is 36.0. The van der Waals surface area contributed by atoms with Crippen LogP contribution in [0.3, 0.4) is 0 Å². The van der Waals surface area contributed by atoms with Crippen LogP contribution in [0.5, 0.6) is 0 Å². The highest BCUT2D eigenvalue weighted by Crippen LogP contribution is 2.36. The molecule has 0 saturated carbocycles. The standard InChI is InChI=1S/C10H8F3NS2/c11-10(12,13)16-8-4-1-7(2-5-8)3-6-9(14)15/h1-6H,(H2,14,15). The molecule has 1 nitrogen and oxygen atoms in total. The van der Waals surface area contributed by atoms with Gasteiger partial charge in [0.15, 0.2) is 0 Å². The highest BCUT2D eigenvalue weighted by molar-refractivity contribution is 8.00. The summed E-state index contributed by atoms with van der Waals surface area (Å²) in [5.74, 6) is 0. The van der Waals surface area contributed by atoms with Crippen LogP contribution < -0.4 is 5.73 Å². The number of thioether (sulfide) groups is 1. The van der Waals surface area contributed by atoms with Crippen molar-refractivity contribution in [3.8, 4) is 0 Å². The Morgan fingerprint density at radius 3 is 2.25 bits per heavy atom. The summed E-state index contributed by atoms with van der Waals surface area (Å²) in [6.45, 7) is 0. The number of benzene rings is 1. The molecule has 1 aromatic carbocycles. The van der Waals surface area contributed by atoms with Crippen LogP contribution in [0.1, 0.15) is 5.56 Å². The Labute approximate surface area is 101 Å². The van der Waals surface area contributed by atoms with Gasteiger partial charge in [0.05, 0.1) is 4.99 Å². The molecule has 0 unspecified atom stereocenters. The Morgan fingerprint density at radius 1 is 1.25 bits per heavy atom. The number of alkyl halides is 3. The van der Waals surface area contributed by atoms with E-state index in [4.69, 9.17) is 5.73 Å². The molecule has 0 aliphatic rings. The van der Waals surface area contributed by atoms with E-state index in [1.54, 1.807) is 18.2 Å². The lowest BCUT2D eigenvalue weighted by Gasteiger charge is -2.05. The van der Waals surface area contributed by atoms with Crippen LogP contribution in [0.4, 0.5) is 13.2 Å². The molecule has 0 aliphatic heterocycles. The van der Waals surface area contributed by atoms with E-state index in [-0.39, 0.29) is 21.6 Å². The van der Waals surface area contributed by atoms with Crippen LogP contribution in [0, 0.1) is 0 Å². The van der Waals surface area contributed by atoms with Crippen molar-refractivity contribution in [2.24, 2.45) is 5.73 Å². The Hall–Kier alpha value is -1.01. The van der Waals surface area contributed by atoms with Crippen molar-refractivity contribution < 1.29 is 13.2 Å². The summed E-state index contributed by atoms with van der Waals surface area (Å²) >= 11 is 4.49. The van der Waals surface area contributed by atoms with E-state index in [1.165, 1.54) is 18.2 Å². The van der Waals surface area contributed by atoms with Gasteiger partial charge in [-0.3, -0.25) is 0 Å². The molecule has 0 atom stereocenters. The zero-order chi connectivity index (χ0) is 12.2. The SMILES string of the molecule is NC(=S)C=Cc1ccc(SC(F)(F)F)cc1. The van der Waals surface area contributed by atoms with Gasteiger partial charge < -0.3 is 5.73 Å². The smallest absolute Gasteiger partial charge is 0.390 e. The fraction of sp³-hybridized carbons (Fsp3) is 0.100. The predicted molar refractivity (Wildman–Crippen MR) is 64.2 cm³/mol. The Bertz CT molecular complexity index is 396. The van der Waals surface area contributed by atoms with Gasteiger partial charge in [-0.25, -0.2) is 0 Å². The molecule has 0 saturated heterocycles. The van der Waals surface area contributed by atoms with Gasteiger partial charge in [-0.15, -0.1) is 0 Å². The van der Waals surface area contributed by atoms with Gasteiger partial charge in [0.1, 0.15) is 0 Å². The van der Waals surface area contributed by atoms with Crippen molar-refractivity contribution in [3.63, 3.8) is 0 Å². The Kier molecular flexibility index (Phi) is 4.37. The molecule has 0 spiro atoms. The maximum Gasteiger partial charge on any atom is 0.446 e. The van der Waals surface area contributed by atoms with Gasteiger partial charge >= 0.3 is 5.51 Å². The van der Waals surface area contributed by atoms with Crippen LogP contribution in [0.2, 0.25) is 0 Å². The monoisotopic (exact) mass is 263 g/mol. The molecular formula is C10H8F3NS2. The first-order valence-corrected chi connectivity index (χ1v) is 5.42. The molecule has 0 fully saturated rings. The maximum atomic E-state index is 12.0. The second kappa shape index (κ2) is 5.36. The predicted octanol–water partition coefficient (Wildman–Crippen LogP) is 3.60. The van der Waals surface area contributed by atoms with E-state index < -0.39 is 5.51 Å². The number of rotatable bonds is 3. The Morgan fingerprint density at radius 2 is 1.81 bits per heavy atom. The first-order valence-electron chi connectivity index (χ1n) is 4.20. The zero-order valence-corrected chi connectivity index (χ0v) is 9.62. The van der Waals surface area contributed by atoms with Gasteiger partial charge in [-0.1, -0.05) is 30.4 Å². The average molecular weight is 263 g/mol. The van der Waals surface area contributed by atoms with E-state index in [9.17, 15) is 13.2 Å². The largest absolute Gasteiger partial charge is 0.446 e. The molecule has 0 bridgehead atoms. The summed E-state index contributed by atoms with van der Waals surface area (Å²) in [5, 5.41) is 0. The molecule has 0 heterocycles. The van der Waals surface area contributed by atoms with E-state index in [2.05, 4.69) is 12.2 Å². The van der Waals surface area contributed by atoms with Crippen molar-refractivity contribution in [1.29, 1.82) is 0 Å². The molecule has 0 aromatic heterocycles. The molecule has 1 rings (SSSR count). The van der Waals surface area contributed by atoms with Gasteiger partial charge in [-0.05, 0) is 35.5 Å². The summed E-state index contributed by atoms with van der Waals surface area (Å²) in [7, 11) is 0. The van der Waals surface area contributed by atoms with Gasteiger partial charge in [0, 0.05) is 4.90 Å². The minimum atomic E-state index is -4.25. The lowest BCUT2D eigenvalue weighted by atomic mass is 10.2. The molecule has 2 N–H and O–H groups in total. The van der Waals surface area contributed by atoms with Crippen molar-refractivity contribution in [3.05, 3.63) is 35.9 Å². The lowest BCUT2D eigenvalue weighted by Crippen LogP contribution is -2.01. The first-order chi connectivity index (χ1) is 7.37. The van der Waals surface area contributed by atoms with Crippen molar-refractivity contribution >= 4 is 35.0 Å². The van der Waals surface area contributed by atoms with Crippen molar-refractivity contribution in [1.82, 2.24) is 0 Å². The van der Waals surface area contributed by atoms with E-state index in [1.807, 2.05) is 0 Å². The average Bonchev–Trinajstić information content (AvgIpc) is 2.14. The molecule has 1 aromatic rings. The Balaban J connectivity index is 2.72. The van der Waals surface area contributed by atoms with Crippen molar-refractivity contribution in [2.75, 3.05) is 0 Å². The van der Waals surface area contributed by atoms with Crippen molar-refractivity contribution in [2.45, 2.75) is 10.4 Å². The highest BCUT2D eigenvalue weighted by atomic mass is 32.2. The van der Waals surface area contributed by atoms with Gasteiger partial charge in [-0.2, -0.15) is 13.2 Å². The second-order valence-corrected chi connectivity index (χ2v) is 4.46. The molecule has 6 heteroatoms. The number of thiocarbonyl (C=S) groups is 1. The fourth-order valence-corrected chi connectivity index (χ4v) is 1.57. The summed E-state index contributed by atoms with van der Waals surface area (Å²) in [4.78, 5) is 0.383. The third kappa shape index (κ3) is 5.18. The van der Waals surface area contributed by atoms with Gasteiger partial charge in [0.2, 0.25) is 0 Å². The maximum absolute atomic E-state index is 12.0. The van der Waals surface area contributed by atoms with Crippen LogP contribution >= 0.6 is 24.0 Å². The minimum Gasteiger partial charge on any atom is -0.390 e. The van der Waals surface area contributed by atoms with Crippen LogP contribution in [0.25, 0.3) is 6.08 Å². The molecule has 0 amide bonds. The second-order valence-electron chi connectivity index (χ2n) is 2.85. The highest BCUT2D eigenvalue weighted by Gasteiger charge is 2.28. The zero-order valence-electron chi connectivity index (χ0n) is 7.99. The fourth-order valence-electron chi connectivity index (χ4n) is 0.959. The number of halogens is 3. The van der Waals surface area contributed by atoms with Gasteiger partial charge in [0.25, 0.3) is 0 Å². The third-order valence-electron chi connectivity index (χ3n) is 1.55. The number of hydrogen-bond donors (Lipinski definition) is 1. The molecule has 0 radical (unpaired) electrons. The quantitative estimate of drug-likeness (QED) is 0.512. The van der Waals surface area contributed by atoms with Crippen LogP contribution in [0.15, 0.2) is 35.2 Å². The molecule has 0 aliphatic carbocycles. The molecular weight excluding hydrogens is 255 g/mol. The normalized spacial score (nSPS) is 11.9. The topological polar surface area (TPSA) is 26.0 Å². The van der Waals surface area contributed by atoms with E-state index in [0.29, 0.717) is 0 Å². The van der Waals surface area contributed by atoms with E-state index >= 15 is 0 Å². The van der Waals surface area contributed by atoms with Crippen LogP contribution in [-0.4, -0.2) is 10.5 Å². The third-order valence-corrected chi connectivity index (χ3v) is 2.43. The number of nitrogens with two attached hydrogens (primary N) is 1. The molecule has 16 heavy (non-hydrogen) atoms. The summed E-state index contributed by atoms with van der Waals surface area (Å²) in [5.41, 5.74) is 1.74. The van der Waals surface area contributed by atoms with E-state index in [0.717, 1.165) is 5.56 Å². The summed E-state index contributed by atoms with van der Waals surface area (Å²) in [6.07, 6.45) is 3.16.